The first-order valence-electron chi connectivity index (χ1n) is 5.63. The van der Waals surface area contributed by atoms with Crippen LogP contribution in [-0.2, 0) is 0 Å². The van der Waals surface area contributed by atoms with Gasteiger partial charge in [0, 0.05) is 11.3 Å². The molecule has 1 aliphatic carbocycles. The Morgan fingerprint density at radius 2 is 2.00 bits per heavy atom. The van der Waals surface area contributed by atoms with Crippen molar-refractivity contribution in [3.8, 4) is 0 Å². The third-order valence-corrected chi connectivity index (χ3v) is 4.53. The van der Waals surface area contributed by atoms with Crippen molar-refractivity contribution in [2.75, 3.05) is 12.0 Å². The smallest absolute Gasteiger partial charge is 0.190 e. The van der Waals surface area contributed by atoms with Crippen molar-refractivity contribution < 1.29 is 0 Å². The molecule has 0 atom stereocenters. The maximum Gasteiger partial charge on any atom is 0.190 e. The fourth-order valence-electron chi connectivity index (χ4n) is 1.93. The highest BCUT2D eigenvalue weighted by molar-refractivity contribution is 8.00. The van der Waals surface area contributed by atoms with Crippen molar-refractivity contribution in [1.29, 1.82) is 0 Å². The van der Waals surface area contributed by atoms with Gasteiger partial charge in [-0.2, -0.15) is 0 Å². The van der Waals surface area contributed by atoms with Gasteiger partial charge in [-0.3, -0.25) is 0 Å². The van der Waals surface area contributed by atoms with Gasteiger partial charge in [-0.15, -0.1) is 11.8 Å². The fourth-order valence-corrected chi connectivity index (χ4v) is 3.61. The molecule has 3 nitrogen and oxygen atoms in total. The van der Waals surface area contributed by atoms with Gasteiger partial charge in [0.2, 0.25) is 0 Å². The summed E-state index contributed by atoms with van der Waals surface area (Å²) in [5.74, 6) is 0.581. The van der Waals surface area contributed by atoms with Crippen molar-refractivity contribution in [3.63, 3.8) is 0 Å². The van der Waals surface area contributed by atoms with E-state index in [1.165, 1.54) is 32.1 Å². The Balaban J connectivity index is 2.04. The topological polar surface area (TPSA) is 51.8 Å². The van der Waals surface area contributed by atoms with E-state index < -0.39 is 0 Å². The first-order valence-corrected chi connectivity index (χ1v) is 7.73. The molecular formula is C11H17N3S2. The molecule has 1 fully saturated rings. The van der Waals surface area contributed by atoms with Crippen molar-refractivity contribution in [3.05, 3.63) is 6.07 Å². The Morgan fingerprint density at radius 1 is 1.25 bits per heavy atom. The van der Waals surface area contributed by atoms with Crippen LogP contribution < -0.4 is 5.73 Å². The van der Waals surface area contributed by atoms with E-state index in [4.69, 9.17) is 5.73 Å². The summed E-state index contributed by atoms with van der Waals surface area (Å²) in [6, 6.07) is 1.89. The van der Waals surface area contributed by atoms with Crippen LogP contribution in [0.25, 0.3) is 0 Å². The molecule has 0 amide bonds. The SMILES string of the molecule is CSc1nc(N)cc(SC2CCCCC2)n1. The van der Waals surface area contributed by atoms with E-state index in [1.807, 2.05) is 24.1 Å². The largest absolute Gasteiger partial charge is 0.384 e. The first kappa shape index (κ1) is 12.0. The lowest BCUT2D eigenvalue weighted by atomic mass is 10.0. The molecule has 5 heteroatoms. The molecule has 0 aliphatic heterocycles. The minimum Gasteiger partial charge on any atom is -0.384 e. The molecule has 16 heavy (non-hydrogen) atoms. The predicted molar refractivity (Wildman–Crippen MR) is 71.0 cm³/mol. The highest BCUT2D eigenvalue weighted by Crippen LogP contribution is 2.33. The third kappa shape index (κ3) is 3.28. The summed E-state index contributed by atoms with van der Waals surface area (Å²) in [5, 5.41) is 2.53. The predicted octanol–water partition coefficient (Wildman–Crippen LogP) is 3.21. The van der Waals surface area contributed by atoms with Crippen LogP contribution in [0.1, 0.15) is 32.1 Å². The quantitative estimate of drug-likeness (QED) is 0.510. The molecule has 2 rings (SSSR count). The molecule has 0 radical (unpaired) electrons. The number of anilines is 1. The van der Waals surface area contributed by atoms with Crippen LogP contribution in [0.4, 0.5) is 5.82 Å². The maximum atomic E-state index is 5.76. The van der Waals surface area contributed by atoms with Crippen LogP contribution in [0.3, 0.4) is 0 Å². The van der Waals surface area contributed by atoms with Crippen LogP contribution in [0, 0.1) is 0 Å². The summed E-state index contributed by atoms with van der Waals surface area (Å²) >= 11 is 3.41. The van der Waals surface area contributed by atoms with Gasteiger partial charge in [0.05, 0.1) is 0 Å². The Labute approximate surface area is 105 Å². The van der Waals surface area contributed by atoms with Crippen molar-refractivity contribution in [2.45, 2.75) is 47.5 Å². The third-order valence-electron chi connectivity index (χ3n) is 2.72. The summed E-state index contributed by atoms with van der Waals surface area (Å²) < 4.78 is 0. The lowest BCUT2D eigenvalue weighted by Crippen LogP contribution is -2.08. The van der Waals surface area contributed by atoms with E-state index in [-0.39, 0.29) is 0 Å². The summed E-state index contributed by atoms with van der Waals surface area (Å²) in [6.45, 7) is 0. The molecule has 1 heterocycles. The molecule has 2 N–H and O–H groups in total. The molecular weight excluding hydrogens is 238 g/mol. The number of hydrogen-bond donors (Lipinski definition) is 1. The average molecular weight is 255 g/mol. The Bertz CT molecular complexity index is 351. The normalized spacial score (nSPS) is 17.6. The Morgan fingerprint density at radius 3 is 2.69 bits per heavy atom. The van der Waals surface area contributed by atoms with Gasteiger partial charge in [0.25, 0.3) is 0 Å². The van der Waals surface area contributed by atoms with Crippen LogP contribution in [0.2, 0.25) is 0 Å². The van der Waals surface area contributed by atoms with Crippen LogP contribution in [-0.4, -0.2) is 21.5 Å². The van der Waals surface area contributed by atoms with E-state index >= 15 is 0 Å². The molecule has 0 bridgehead atoms. The van der Waals surface area contributed by atoms with E-state index in [2.05, 4.69) is 9.97 Å². The second kappa shape index (κ2) is 5.77. The van der Waals surface area contributed by atoms with Crippen molar-refractivity contribution in [1.82, 2.24) is 9.97 Å². The van der Waals surface area contributed by atoms with Gasteiger partial charge in [0.1, 0.15) is 10.8 Å². The number of nitrogens with zero attached hydrogens (tertiary/aromatic N) is 2. The van der Waals surface area contributed by atoms with Crippen LogP contribution in [0.15, 0.2) is 16.2 Å². The number of hydrogen-bond acceptors (Lipinski definition) is 5. The van der Waals surface area contributed by atoms with Gasteiger partial charge < -0.3 is 5.73 Å². The number of aromatic nitrogens is 2. The Hall–Kier alpha value is -0.420. The average Bonchev–Trinajstić information content (AvgIpc) is 2.29. The van der Waals surface area contributed by atoms with Crippen molar-refractivity contribution >= 4 is 29.3 Å². The monoisotopic (exact) mass is 255 g/mol. The summed E-state index contributed by atoms with van der Waals surface area (Å²) in [5.41, 5.74) is 5.76. The standard InChI is InChI=1S/C11H17N3S2/c1-15-11-13-9(12)7-10(14-11)16-8-5-3-2-4-6-8/h7-8H,2-6H2,1H3,(H2,12,13,14). The second-order valence-corrected chi connectivity index (χ2v) is 6.09. The number of nitrogen functional groups attached to an aromatic ring is 1. The van der Waals surface area contributed by atoms with Crippen LogP contribution in [0.5, 0.6) is 0 Å². The zero-order valence-corrected chi connectivity index (χ0v) is 11.1. The molecule has 0 saturated heterocycles. The molecule has 0 spiro atoms. The summed E-state index contributed by atoms with van der Waals surface area (Å²) in [7, 11) is 0. The maximum absolute atomic E-state index is 5.76. The number of nitrogens with two attached hydrogens (primary N) is 1. The molecule has 88 valence electrons. The summed E-state index contributed by atoms with van der Waals surface area (Å²) in [4.78, 5) is 8.64. The molecule has 1 saturated carbocycles. The summed E-state index contributed by atoms with van der Waals surface area (Å²) in [6.07, 6.45) is 8.69. The van der Waals surface area contributed by atoms with Gasteiger partial charge in [0.15, 0.2) is 5.16 Å². The fraction of sp³-hybridized carbons (Fsp3) is 0.636. The highest BCUT2D eigenvalue weighted by Gasteiger charge is 2.15. The molecule has 1 aromatic rings. The van der Waals surface area contributed by atoms with Gasteiger partial charge in [-0.05, 0) is 19.1 Å². The van der Waals surface area contributed by atoms with E-state index in [1.54, 1.807) is 11.8 Å². The van der Waals surface area contributed by atoms with Gasteiger partial charge >= 0.3 is 0 Å². The molecule has 0 aromatic carbocycles. The van der Waals surface area contributed by atoms with Gasteiger partial charge in [-0.1, -0.05) is 31.0 Å². The molecule has 1 aromatic heterocycles. The number of rotatable bonds is 3. The molecule has 0 unspecified atom stereocenters. The van der Waals surface area contributed by atoms with Crippen molar-refractivity contribution in [2.24, 2.45) is 0 Å². The van der Waals surface area contributed by atoms with E-state index in [0.29, 0.717) is 5.82 Å². The Kier molecular flexibility index (Phi) is 4.35. The minimum atomic E-state index is 0.581. The van der Waals surface area contributed by atoms with E-state index in [0.717, 1.165) is 15.4 Å². The lowest BCUT2D eigenvalue weighted by Gasteiger charge is -2.20. The zero-order valence-electron chi connectivity index (χ0n) is 9.48. The minimum absolute atomic E-state index is 0.581. The number of thioether (sulfide) groups is 2. The van der Waals surface area contributed by atoms with Gasteiger partial charge in [-0.25, -0.2) is 9.97 Å². The van der Waals surface area contributed by atoms with E-state index in [9.17, 15) is 0 Å². The van der Waals surface area contributed by atoms with Crippen LogP contribution >= 0.6 is 23.5 Å². The highest BCUT2D eigenvalue weighted by atomic mass is 32.2. The molecule has 1 aliphatic rings. The zero-order chi connectivity index (χ0) is 11.4. The lowest BCUT2D eigenvalue weighted by molar-refractivity contribution is 0.515. The first-order chi connectivity index (χ1) is 7.78. The second-order valence-electron chi connectivity index (χ2n) is 4.00.